The minimum absolute atomic E-state index is 0.0201. The smallest absolute Gasteiger partial charge is 0.258 e. The molecule has 2 aromatic rings. The van der Waals surface area contributed by atoms with Crippen LogP contribution < -0.4 is 14.7 Å². The zero-order valence-electron chi connectivity index (χ0n) is 20.3. The van der Waals surface area contributed by atoms with Gasteiger partial charge in [0.25, 0.3) is 11.8 Å². The summed E-state index contributed by atoms with van der Waals surface area (Å²) in [6, 6.07) is 11.1. The minimum Gasteiger partial charge on any atom is -0.368 e. The summed E-state index contributed by atoms with van der Waals surface area (Å²) in [4.78, 5) is 33.5. The van der Waals surface area contributed by atoms with Gasteiger partial charge in [-0.15, -0.1) is 0 Å². The maximum absolute atomic E-state index is 15.1. The average Bonchev–Trinajstić information content (AvgIpc) is 3.40. The molecule has 0 radical (unpaired) electrons. The van der Waals surface area contributed by atoms with Crippen LogP contribution in [0, 0.1) is 5.82 Å². The van der Waals surface area contributed by atoms with Crippen molar-refractivity contribution in [3.63, 3.8) is 0 Å². The lowest BCUT2D eigenvalue weighted by molar-refractivity contribution is -0.114. The van der Waals surface area contributed by atoms with E-state index in [0.717, 1.165) is 41.9 Å². The number of hydrogen-bond acceptors (Lipinski definition) is 4. The maximum Gasteiger partial charge on any atom is 0.258 e. The van der Waals surface area contributed by atoms with Gasteiger partial charge in [-0.3, -0.25) is 9.59 Å². The predicted molar refractivity (Wildman–Crippen MR) is 133 cm³/mol. The van der Waals surface area contributed by atoms with Crippen molar-refractivity contribution in [2.75, 3.05) is 55.0 Å². The Morgan fingerprint density at radius 2 is 1.68 bits per heavy atom. The number of rotatable bonds is 4. The highest BCUT2D eigenvalue weighted by Crippen LogP contribution is 2.33. The van der Waals surface area contributed by atoms with Crippen LogP contribution in [0.4, 0.5) is 21.5 Å². The van der Waals surface area contributed by atoms with Crippen LogP contribution in [0.2, 0.25) is 0 Å². The highest BCUT2D eigenvalue weighted by Gasteiger charge is 2.31. The zero-order chi connectivity index (χ0) is 24.1. The van der Waals surface area contributed by atoms with Crippen LogP contribution in [-0.4, -0.2) is 63.0 Å². The minimum atomic E-state index is -0.295. The molecule has 6 nitrogen and oxygen atoms in total. The molecule has 3 heterocycles. The molecule has 0 spiro atoms. The first-order valence-electron chi connectivity index (χ1n) is 11.9. The number of fused-ring (bicyclic) bond motifs is 1. The van der Waals surface area contributed by atoms with E-state index in [9.17, 15) is 9.59 Å². The molecule has 0 saturated carbocycles. The van der Waals surface area contributed by atoms with Gasteiger partial charge in [-0.05, 0) is 88.3 Å². The Hall–Kier alpha value is -3.19. The molecule has 34 heavy (non-hydrogen) atoms. The fraction of sp³-hybridized carbons (Fsp3) is 0.407. The molecule has 2 amide bonds. The van der Waals surface area contributed by atoms with E-state index < -0.39 is 0 Å². The summed E-state index contributed by atoms with van der Waals surface area (Å²) in [6.07, 6.45) is 1.66. The fourth-order valence-corrected chi connectivity index (χ4v) is 5.21. The lowest BCUT2D eigenvalue weighted by Gasteiger charge is -2.30. The van der Waals surface area contributed by atoms with Crippen LogP contribution in [0.3, 0.4) is 0 Å². The first-order valence-corrected chi connectivity index (χ1v) is 11.9. The Morgan fingerprint density at radius 1 is 0.941 bits per heavy atom. The maximum atomic E-state index is 15.1. The molecule has 0 N–H and O–H groups in total. The molecule has 0 unspecified atom stereocenters. The van der Waals surface area contributed by atoms with Gasteiger partial charge >= 0.3 is 0 Å². The van der Waals surface area contributed by atoms with Gasteiger partial charge < -0.3 is 19.6 Å². The van der Waals surface area contributed by atoms with Gasteiger partial charge in [-0.25, -0.2) is 4.39 Å². The number of anilines is 3. The normalized spacial score (nSPS) is 20.8. The molecule has 0 bridgehead atoms. The number of carbonyl (C=O) groups is 2. The molecule has 0 aromatic heterocycles. The lowest BCUT2D eigenvalue weighted by atomic mass is 9.97. The topological polar surface area (TPSA) is 47.1 Å². The molecule has 0 aliphatic carbocycles. The third-order valence-corrected chi connectivity index (χ3v) is 7.56. The highest BCUT2D eigenvalue weighted by atomic mass is 19.1. The molecule has 7 heteroatoms. The molecule has 3 aliphatic heterocycles. The summed E-state index contributed by atoms with van der Waals surface area (Å²) >= 11 is 0. The molecular weight excluding hydrogens is 431 g/mol. The van der Waals surface area contributed by atoms with E-state index in [-0.39, 0.29) is 17.6 Å². The van der Waals surface area contributed by atoms with E-state index in [1.54, 1.807) is 21.9 Å². The average molecular weight is 463 g/mol. The van der Waals surface area contributed by atoms with Gasteiger partial charge in [0.15, 0.2) is 0 Å². The number of amides is 2. The van der Waals surface area contributed by atoms with Crippen molar-refractivity contribution in [2.45, 2.75) is 32.7 Å². The Labute approximate surface area is 200 Å². The van der Waals surface area contributed by atoms with Gasteiger partial charge in [0.05, 0.1) is 5.69 Å². The van der Waals surface area contributed by atoms with Crippen LogP contribution >= 0.6 is 0 Å². The lowest BCUT2D eigenvalue weighted by Crippen LogP contribution is -2.38. The predicted octanol–water partition coefficient (Wildman–Crippen LogP) is 3.85. The van der Waals surface area contributed by atoms with Crippen molar-refractivity contribution < 1.29 is 14.0 Å². The summed E-state index contributed by atoms with van der Waals surface area (Å²) in [5.41, 5.74) is 5.39. The van der Waals surface area contributed by atoms with E-state index in [1.165, 1.54) is 6.07 Å². The van der Waals surface area contributed by atoms with Crippen molar-refractivity contribution in [3.8, 4) is 0 Å². The zero-order valence-corrected chi connectivity index (χ0v) is 20.3. The second-order valence-electron chi connectivity index (χ2n) is 9.83. The highest BCUT2D eigenvalue weighted by molar-refractivity contribution is 6.11. The van der Waals surface area contributed by atoms with E-state index in [0.29, 0.717) is 42.5 Å². The summed E-state index contributed by atoms with van der Waals surface area (Å²) in [6.45, 7) is 6.52. The van der Waals surface area contributed by atoms with Gasteiger partial charge in [0, 0.05) is 54.7 Å². The van der Waals surface area contributed by atoms with Gasteiger partial charge in [0.2, 0.25) is 0 Å². The van der Waals surface area contributed by atoms with E-state index >= 15 is 4.39 Å². The monoisotopic (exact) mass is 462 g/mol. The quantitative estimate of drug-likeness (QED) is 0.693. The largest absolute Gasteiger partial charge is 0.368 e. The number of benzene rings is 2. The second kappa shape index (κ2) is 8.55. The Kier molecular flexibility index (Phi) is 5.68. The molecule has 1 fully saturated rings. The third-order valence-electron chi connectivity index (χ3n) is 7.56. The summed E-state index contributed by atoms with van der Waals surface area (Å²) in [7, 11) is 4.11. The van der Waals surface area contributed by atoms with Gasteiger partial charge in [-0.1, -0.05) is 0 Å². The Bertz CT molecular complexity index is 1210. The third kappa shape index (κ3) is 3.78. The van der Waals surface area contributed by atoms with Gasteiger partial charge in [-0.2, -0.15) is 0 Å². The summed E-state index contributed by atoms with van der Waals surface area (Å²) in [5.74, 6) is -0.407. The first kappa shape index (κ1) is 22.6. The summed E-state index contributed by atoms with van der Waals surface area (Å²) in [5, 5.41) is 0. The molecule has 178 valence electrons. The fourth-order valence-electron chi connectivity index (χ4n) is 5.21. The van der Waals surface area contributed by atoms with Crippen molar-refractivity contribution >= 4 is 28.9 Å². The van der Waals surface area contributed by atoms with Gasteiger partial charge in [0.1, 0.15) is 5.82 Å². The van der Waals surface area contributed by atoms with Crippen molar-refractivity contribution in [1.82, 2.24) is 4.90 Å². The SMILES string of the molecule is CC1=C(C)C(=O)N(c2ccc3c(c2)CCN(c2ccc(N4CC[C@@H](N(C)C)C4)c(F)c2)C3=O)C1. The number of halogens is 1. The molecule has 1 saturated heterocycles. The molecule has 1 atom stereocenters. The van der Waals surface area contributed by atoms with Crippen molar-refractivity contribution in [2.24, 2.45) is 0 Å². The summed E-state index contributed by atoms with van der Waals surface area (Å²) < 4.78 is 15.1. The van der Waals surface area contributed by atoms with E-state index in [2.05, 4.69) is 23.9 Å². The number of carbonyl (C=O) groups excluding carboxylic acids is 2. The Balaban J connectivity index is 1.34. The van der Waals surface area contributed by atoms with Crippen LogP contribution in [-0.2, 0) is 11.2 Å². The van der Waals surface area contributed by atoms with E-state index in [1.807, 2.05) is 32.0 Å². The van der Waals surface area contributed by atoms with Crippen molar-refractivity contribution in [1.29, 1.82) is 0 Å². The molecule has 3 aliphatic rings. The first-order chi connectivity index (χ1) is 16.2. The Morgan fingerprint density at radius 3 is 2.32 bits per heavy atom. The standard InChI is InChI=1S/C27H31FN4O2/c1-17-15-32(26(33)18(17)2)20-5-7-23-19(13-20)9-12-31(27(23)34)21-6-8-25(24(28)14-21)30-11-10-22(16-30)29(3)4/h5-8,13-14,22H,9-12,15-16H2,1-4H3/t22-/m1/s1. The number of hydrogen-bond donors (Lipinski definition) is 0. The number of likely N-dealkylation sites (N-methyl/N-ethyl adjacent to an activating group) is 1. The van der Waals surface area contributed by atoms with Crippen LogP contribution in [0.25, 0.3) is 0 Å². The number of nitrogens with zero attached hydrogens (tertiary/aromatic N) is 4. The second-order valence-corrected chi connectivity index (χ2v) is 9.83. The molecule has 5 rings (SSSR count). The van der Waals surface area contributed by atoms with Crippen LogP contribution in [0.15, 0.2) is 47.5 Å². The van der Waals surface area contributed by atoms with E-state index in [4.69, 9.17) is 0 Å². The molecule has 2 aromatic carbocycles. The van der Waals surface area contributed by atoms with Crippen LogP contribution in [0.5, 0.6) is 0 Å². The van der Waals surface area contributed by atoms with Crippen LogP contribution in [0.1, 0.15) is 36.2 Å². The van der Waals surface area contributed by atoms with Crippen molar-refractivity contribution in [3.05, 3.63) is 64.5 Å². The molecular formula is C27H31FN4O2.